The van der Waals surface area contributed by atoms with Crippen molar-refractivity contribution in [3.63, 3.8) is 0 Å². The van der Waals surface area contributed by atoms with E-state index in [-0.39, 0.29) is 0 Å². The van der Waals surface area contributed by atoms with Crippen LogP contribution in [0, 0.1) is 0 Å². The largest absolute Gasteiger partial charge is 0.489 e. The summed E-state index contributed by atoms with van der Waals surface area (Å²) in [5.74, 6) is 1.75. The number of nitrogen functional groups attached to an aromatic ring is 1. The molecule has 116 valence electrons. The molecule has 0 atom stereocenters. The molecule has 4 nitrogen and oxygen atoms in total. The van der Waals surface area contributed by atoms with Crippen LogP contribution in [0.25, 0.3) is 0 Å². The molecule has 2 N–H and O–H groups in total. The van der Waals surface area contributed by atoms with Crippen LogP contribution in [0.2, 0.25) is 5.02 Å². The molecule has 0 bridgehead atoms. The molecule has 0 fully saturated rings. The Kier molecular flexibility index (Phi) is 4.64. The summed E-state index contributed by atoms with van der Waals surface area (Å²) in [6.07, 6.45) is 1.63. The monoisotopic (exact) mass is 326 g/mol. The van der Waals surface area contributed by atoms with Crippen LogP contribution in [0.5, 0.6) is 17.4 Å². The fourth-order valence-electron chi connectivity index (χ4n) is 1.98. The minimum absolute atomic E-state index is 0.386. The second kappa shape index (κ2) is 7.03. The van der Waals surface area contributed by atoms with Gasteiger partial charge in [0.2, 0.25) is 5.88 Å². The van der Waals surface area contributed by atoms with Gasteiger partial charge in [-0.05, 0) is 42.5 Å². The van der Waals surface area contributed by atoms with E-state index < -0.39 is 0 Å². The fraction of sp³-hybridized carbons (Fsp3) is 0.0556. The smallest absolute Gasteiger partial charge is 0.242 e. The number of pyridine rings is 1. The summed E-state index contributed by atoms with van der Waals surface area (Å²) < 4.78 is 11.4. The van der Waals surface area contributed by atoms with E-state index in [1.165, 1.54) is 0 Å². The number of benzene rings is 2. The number of hydrogen-bond acceptors (Lipinski definition) is 4. The Bertz CT molecular complexity index is 791. The van der Waals surface area contributed by atoms with Crippen molar-refractivity contribution >= 4 is 17.3 Å². The Labute approximate surface area is 139 Å². The molecule has 0 aliphatic rings. The van der Waals surface area contributed by atoms with Crippen molar-refractivity contribution in [2.24, 2.45) is 0 Å². The highest BCUT2D eigenvalue weighted by Crippen LogP contribution is 2.26. The Balaban J connectivity index is 1.63. The molecule has 23 heavy (non-hydrogen) atoms. The van der Waals surface area contributed by atoms with Crippen LogP contribution in [-0.2, 0) is 6.61 Å². The van der Waals surface area contributed by atoms with Gasteiger partial charge in [-0.15, -0.1) is 0 Å². The van der Waals surface area contributed by atoms with Crippen molar-refractivity contribution in [3.8, 4) is 17.4 Å². The highest BCUT2D eigenvalue weighted by Gasteiger charge is 2.04. The Hall–Kier alpha value is -2.72. The highest BCUT2D eigenvalue weighted by molar-refractivity contribution is 6.31. The van der Waals surface area contributed by atoms with Gasteiger partial charge in [0.25, 0.3) is 0 Å². The van der Waals surface area contributed by atoms with Crippen LogP contribution in [0.4, 0.5) is 5.69 Å². The van der Waals surface area contributed by atoms with Crippen molar-refractivity contribution in [2.75, 3.05) is 5.73 Å². The van der Waals surface area contributed by atoms with Crippen LogP contribution < -0.4 is 15.2 Å². The maximum Gasteiger partial charge on any atom is 0.242 e. The normalized spacial score (nSPS) is 10.3. The standard InChI is InChI=1S/C18H15ClN2O2/c19-16-5-2-1-4-13(16)12-22-14-7-9-15(10-8-14)23-18-17(20)6-3-11-21-18/h1-11H,12,20H2. The molecule has 0 saturated carbocycles. The number of rotatable bonds is 5. The first-order valence-electron chi connectivity index (χ1n) is 7.07. The number of hydrogen-bond donors (Lipinski definition) is 1. The zero-order chi connectivity index (χ0) is 16.1. The molecule has 2 aromatic carbocycles. The molecule has 0 spiro atoms. The molecule has 3 aromatic rings. The maximum atomic E-state index is 6.10. The van der Waals surface area contributed by atoms with Crippen molar-refractivity contribution in [2.45, 2.75) is 6.61 Å². The molecule has 3 rings (SSSR count). The summed E-state index contributed by atoms with van der Waals surface area (Å²) in [4.78, 5) is 4.09. The quantitative estimate of drug-likeness (QED) is 0.739. The first-order chi connectivity index (χ1) is 11.2. The van der Waals surface area contributed by atoms with Crippen molar-refractivity contribution < 1.29 is 9.47 Å². The number of nitrogens with zero attached hydrogens (tertiary/aromatic N) is 1. The summed E-state index contributed by atoms with van der Waals surface area (Å²) in [5, 5.41) is 0.693. The number of halogens is 1. The minimum atomic E-state index is 0.386. The lowest BCUT2D eigenvalue weighted by Gasteiger charge is -2.09. The third kappa shape index (κ3) is 3.93. The van der Waals surface area contributed by atoms with E-state index in [0.29, 0.717) is 28.9 Å². The third-order valence-electron chi connectivity index (χ3n) is 3.19. The van der Waals surface area contributed by atoms with Crippen molar-refractivity contribution in [1.82, 2.24) is 4.98 Å². The fourth-order valence-corrected chi connectivity index (χ4v) is 2.17. The van der Waals surface area contributed by atoms with Crippen molar-refractivity contribution in [1.29, 1.82) is 0 Å². The molecule has 0 saturated heterocycles. The average molecular weight is 327 g/mol. The molecule has 0 amide bonds. The van der Waals surface area contributed by atoms with Gasteiger partial charge in [0.05, 0.1) is 5.69 Å². The lowest BCUT2D eigenvalue weighted by Crippen LogP contribution is -1.96. The molecule has 0 unspecified atom stereocenters. The van der Waals surface area contributed by atoms with Crippen LogP contribution in [0.15, 0.2) is 66.9 Å². The molecule has 1 heterocycles. The summed E-state index contributed by atoms with van der Waals surface area (Å²) in [5.41, 5.74) is 7.23. The minimum Gasteiger partial charge on any atom is -0.489 e. The van der Waals surface area contributed by atoms with Gasteiger partial charge in [-0.3, -0.25) is 0 Å². The van der Waals surface area contributed by atoms with Crippen molar-refractivity contribution in [3.05, 3.63) is 77.4 Å². The molecule has 0 radical (unpaired) electrons. The molecular formula is C18H15ClN2O2. The molecule has 0 aliphatic heterocycles. The van der Waals surface area contributed by atoms with Crippen LogP contribution in [0.3, 0.4) is 0 Å². The van der Waals surface area contributed by atoms with Gasteiger partial charge in [0.1, 0.15) is 18.1 Å². The zero-order valence-electron chi connectivity index (χ0n) is 12.3. The number of anilines is 1. The van der Waals surface area contributed by atoms with Crippen LogP contribution >= 0.6 is 11.6 Å². The summed E-state index contributed by atoms with van der Waals surface area (Å²) >= 11 is 6.10. The lowest BCUT2D eigenvalue weighted by atomic mass is 10.2. The van der Waals surface area contributed by atoms with Gasteiger partial charge >= 0.3 is 0 Å². The van der Waals surface area contributed by atoms with Gasteiger partial charge in [-0.25, -0.2) is 4.98 Å². The van der Waals surface area contributed by atoms with Gasteiger partial charge < -0.3 is 15.2 Å². The molecule has 0 aliphatic carbocycles. The predicted octanol–water partition coefficient (Wildman–Crippen LogP) is 4.69. The maximum absolute atomic E-state index is 6.10. The number of ether oxygens (including phenoxy) is 2. The molecular weight excluding hydrogens is 312 g/mol. The zero-order valence-corrected chi connectivity index (χ0v) is 13.0. The topological polar surface area (TPSA) is 57.4 Å². The SMILES string of the molecule is Nc1cccnc1Oc1ccc(OCc2ccccc2Cl)cc1. The van der Waals surface area contributed by atoms with E-state index >= 15 is 0 Å². The molecule has 1 aromatic heterocycles. The van der Waals surface area contributed by atoms with Gasteiger partial charge in [-0.1, -0.05) is 29.8 Å². The second-order valence-electron chi connectivity index (χ2n) is 4.85. The average Bonchev–Trinajstić information content (AvgIpc) is 2.57. The van der Waals surface area contributed by atoms with E-state index in [9.17, 15) is 0 Å². The van der Waals surface area contributed by atoms with E-state index in [2.05, 4.69) is 4.98 Å². The first kappa shape index (κ1) is 15.2. The number of nitrogens with two attached hydrogens (primary N) is 1. The van der Waals surface area contributed by atoms with Gasteiger partial charge in [0.15, 0.2) is 0 Å². The van der Waals surface area contributed by atoms with Crippen LogP contribution in [0.1, 0.15) is 5.56 Å². The highest BCUT2D eigenvalue weighted by atomic mass is 35.5. The predicted molar refractivity (Wildman–Crippen MR) is 90.9 cm³/mol. The summed E-state index contributed by atoms with van der Waals surface area (Å²) in [6, 6.07) is 18.3. The Morgan fingerprint density at radius 2 is 1.65 bits per heavy atom. The second-order valence-corrected chi connectivity index (χ2v) is 5.26. The summed E-state index contributed by atoms with van der Waals surface area (Å²) in [6.45, 7) is 0.410. The van der Waals surface area contributed by atoms with E-state index in [1.807, 2.05) is 36.4 Å². The summed E-state index contributed by atoms with van der Waals surface area (Å²) in [7, 11) is 0. The number of aromatic nitrogens is 1. The van der Waals surface area contributed by atoms with E-state index in [4.69, 9.17) is 26.8 Å². The van der Waals surface area contributed by atoms with Gasteiger partial charge in [-0.2, -0.15) is 0 Å². The van der Waals surface area contributed by atoms with E-state index in [0.717, 1.165) is 11.3 Å². The Morgan fingerprint density at radius 3 is 2.39 bits per heavy atom. The van der Waals surface area contributed by atoms with E-state index in [1.54, 1.807) is 30.5 Å². The lowest BCUT2D eigenvalue weighted by molar-refractivity contribution is 0.306. The third-order valence-corrected chi connectivity index (χ3v) is 3.56. The Morgan fingerprint density at radius 1 is 0.913 bits per heavy atom. The van der Waals surface area contributed by atoms with Gasteiger partial charge in [0, 0.05) is 16.8 Å². The molecule has 5 heteroatoms. The van der Waals surface area contributed by atoms with Crippen LogP contribution in [-0.4, -0.2) is 4.98 Å². The first-order valence-corrected chi connectivity index (χ1v) is 7.45.